The minimum Gasteiger partial charge on any atom is -0.494 e. The van der Waals surface area contributed by atoms with Crippen LogP contribution in [0.4, 0.5) is 0 Å². The van der Waals surface area contributed by atoms with Crippen LogP contribution in [-0.2, 0) is 13.1 Å². The topological polar surface area (TPSA) is 75.7 Å². The lowest BCUT2D eigenvalue weighted by Crippen LogP contribution is -2.13. The van der Waals surface area contributed by atoms with Crippen LogP contribution < -0.4 is 10.1 Å². The fourth-order valence-electron chi connectivity index (χ4n) is 1.82. The van der Waals surface area contributed by atoms with Gasteiger partial charge in [0.2, 0.25) is 0 Å². The van der Waals surface area contributed by atoms with Crippen LogP contribution in [0.15, 0.2) is 24.3 Å². The Balaban J connectivity index is 1.68. The molecule has 0 radical (unpaired) electrons. The molecule has 1 heterocycles. The van der Waals surface area contributed by atoms with Gasteiger partial charge in [-0.1, -0.05) is 37.1 Å². The van der Waals surface area contributed by atoms with E-state index in [2.05, 4.69) is 45.0 Å². The van der Waals surface area contributed by atoms with Gasteiger partial charge in [-0.05, 0) is 24.1 Å². The molecule has 0 saturated heterocycles. The van der Waals surface area contributed by atoms with Crippen LogP contribution in [0.5, 0.6) is 5.75 Å². The number of benzene rings is 1. The summed E-state index contributed by atoms with van der Waals surface area (Å²) in [6.45, 7) is 4.36. The Bertz CT molecular complexity index is 469. The second-order valence-corrected chi connectivity index (χ2v) is 4.63. The number of aromatic nitrogens is 4. The molecule has 2 rings (SSSR count). The summed E-state index contributed by atoms with van der Waals surface area (Å²) in [7, 11) is 0. The first kappa shape index (κ1) is 14.5. The first-order valence-corrected chi connectivity index (χ1v) is 7.03. The number of rotatable bonds is 9. The van der Waals surface area contributed by atoms with E-state index < -0.39 is 0 Å². The van der Waals surface area contributed by atoms with Crippen molar-refractivity contribution in [1.82, 2.24) is 25.9 Å². The smallest absolute Gasteiger partial charge is 0.188 e. The van der Waals surface area contributed by atoms with E-state index in [1.165, 1.54) is 18.4 Å². The monoisotopic (exact) mass is 275 g/mol. The molecule has 0 aliphatic rings. The molecule has 0 aliphatic heterocycles. The van der Waals surface area contributed by atoms with Crippen molar-refractivity contribution in [3.05, 3.63) is 35.7 Å². The minimum atomic E-state index is 0.603. The lowest BCUT2D eigenvalue weighted by molar-refractivity contribution is 0.306. The Labute approximate surface area is 118 Å². The quantitative estimate of drug-likeness (QED) is 0.685. The number of unbranched alkanes of at least 4 members (excludes halogenated alkanes) is 2. The largest absolute Gasteiger partial charge is 0.494 e. The summed E-state index contributed by atoms with van der Waals surface area (Å²) in [6, 6.07) is 8.16. The molecule has 0 unspecified atom stereocenters. The van der Waals surface area contributed by atoms with Crippen LogP contribution >= 0.6 is 0 Å². The minimum absolute atomic E-state index is 0.603. The molecule has 1 aromatic heterocycles. The van der Waals surface area contributed by atoms with Crippen molar-refractivity contribution in [3.8, 4) is 5.75 Å². The molecule has 6 nitrogen and oxygen atoms in total. The molecule has 6 heteroatoms. The van der Waals surface area contributed by atoms with Gasteiger partial charge >= 0.3 is 0 Å². The predicted octanol–water partition coefficient (Wildman–Crippen LogP) is 2.06. The number of H-pyrrole nitrogens is 1. The van der Waals surface area contributed by atoms with Gasteiger partial charge in [0.15, 0.2) is 5.82 Å². The molecular weight excluding hydrogens is 254 g/mol. The maximum Gasteiger partial charge on any atom is 0.188 e. The van der Waals surface area contributed by atoms with Crippen molar-refractivity contribution < 1.29 is 4.74 Å². The molecule has 0 fully saturated rings. The van der Waals surface area contributed by atoms with E-state index in [4.69, 9.17) is 4.74 Å². The van der Waals surface area contributed by atoms with Crippen LogP contribution in [0.25, 0.3) is 0 Å². The summed E-state index contributed by atoms with van der Waals surface area (Å²) >= 11 is 0. The van der Waals surface area contributed by atoms with Crippen molar-refractivity contribution in [2.45, 2.75) is 39.3 Å². The number of tetrazole rings is 1. The van der Waals surface area contributed by atoms with Crippen LogP contribution in [0.3, 0.4) is 0 Å². The number of hydrogen-bond acceptors (Lipinski definition) is 5. The summed E-state index contributed by atoms with van der Waals surface area (Å²) in [5.41, 5.74) is 1.20. The molecule has 2 aromatic rings. The molecule has 0 atom stereocenters. The number of ether oxygens (including phenoxy) is 1. The Kier molecular flexibility index (Phi) is 5.98. The SMILES string of the molecule is CCCCCOc1ccc(CNCc2nn[nH]n2)cc1. The number of nitrogens with one attached hydrogen (secondary N) is 2. The average Bonchev–Trinajstić information content (AvgIpc) is 2.98. The van der Waals surface area contributed by atoms with Crippen molar-refractivity contribution in [2.24, 2.45) is 0 Å². The second kappa shape index (κ2) is 8.27. The third-order valence-electron chi connectivity index (χ3n) is 2.94. The van der Waals surface area contributed by atoms with E-state index in [0.29, 0.717) is 12.4 Å². The van der Waals surface area contributed by atoms with Gasteiger partial charge in [-0.15, -0.1) is 10.2 Å². The maximum absolute atomic E-state index is 5.67. The van der Waals surface area contributed by atoms with Gasteiger partial charge in [-0.25, -0.2) is 0 Å². The molecular formula is C14H21N5O. The molecule has 0 aliphatic carbocycles. The molecule has 0 amide bonds. The molecule has 0 spiro atoms. The molecule has 1 aromatic carbocycles. The Hall–Kier alpha value is -1.95. The zero-order valence-corrected chi connectivity index (χ0v) is 11.8. The fourth-order valence-corrected chi connectivity index (χ4v) is 1.82. The summed E-state index contributed by atoms with van der Waals surface area (Å²) in [5.74, 6) is 1.60. The van der Waals surface area contributed by atoms with Gasteiger partial charge < -0.3 is 10.1 Å². The third kappa shape index (κ3) is 4.97. The van der Waals surface area contributed by atoms with Crippen LogP contribution in [0, 0.1) is 0 Å². The van der Waals surface area contributed by atoms with Gasteiger partial charge in [0.25, 0.3) is 0 Å². The predicted molar refractivity (Wildman–Crippen MR) is 76.2 cm³/mol. The molecule has 2 N–H and O–H groups in total. The van der Waals surface area contributed by atoms with Crippen molar-refractivity contribution in [3.63, 3.8) is 0 Å². The fraction of sp³-hybridized carbons (Fsp3) is 0.500. The maximum atomic E-state index is 5.67. The van der Waals surface area contributed by atoms with Crippen molar-refractivity contribution in [1.29, 1.82) is 0 Å². The van der Waals surface area contributed by atoms with E-state index in [1.807, 2.05) is 12.1 Å². The number of nitrogens with zero attached hydrogens (tertiary/aromatic N) is 3. The normalized spacial score (nSPS) is 10.7. The van der Waals surface area contributed by atoms with Crippen molar-refractivity contribution >= 4 is 0 Å². The third-order valence-corrected chi connectivity index (χ3v) is 2.94. The highest BCUT2D eigenvalue weighted by molar-refractivity contribution is 5.27. The Morgan fingerprint density at radius 1 is 1.15 bits per heavy atom. The van der Waals surface area contributed by atoms with Gasteiger partial charge in [0.1, 0.15) is 5.75 Å². The molecule has 108 valence electrons. The van der Waals surface area contributed by atoms with E-state index in [-0.39, 0.29) is 0 Å². The number of hydrogen-bond donors (Lipinski definition) is 2. The molecule has 0 saturated carbocycles. The summed E-state index contributed by atoms with van der Waals surface area (Å²) < 4.78 is 5.67. The van der Waals surface area contributed by atoms with Crippen LogP contribution in [0.2, 0.25) is 0 Å². The standard InChI is InChI=1S/C14H21N5O/c1-2-3-4-9-20-13-7-5-12(6-8-13)10-15-11-14-16-18-19-17-14/h5-8,15H,2-4,9-11H2,1H3,(H,16,17,18,19). The van der Waals surface area contributed by atoms with E-state index in [9.17, 15) is 0 Å². The highest BCUT2D eigenvalue weighted by Crippen LogP contribution is 2.12. The van der Waals surface area contributed by atoms with Crippen LogP contribution in [0.1, 0.15) is 37.6 Å². The van der Waals surface area contributed by atoms with Gasteiger partial charge in [-0.2, -0.15) is 5.21 Å². The molecule has 0 bridgehead atoms. The first-order valence-electron chi connectivity index (χ1n) is 7.03. The summed E-state index contributed by atoms with van der Waals surface area (Å²) in [4.78, 5) is 0. The zero-order valence-electron chi connectivity index (χ0n) is 11.8. The van der Waals surface area contributed by atoms with Gasteiger partial charge in [-0.3, -0.25) is 0 Å². The van der Waals surface area contributed by atoms with Crippen LogP contribution in [-0.4, -0.2) is 27.2 Å². The highest BCUT2D eigenvalue weighted by atomic mass is 16.5. The van der Waals surface area contributed by atoms with Gasteiger partial charge in [0, 0.05) is 6.54 Å². The lowest BCUT2D eigenvalue weighted by Gasteiger charge is -2.07. The van der Waals surface area contributed by atoms with E-state index in [1.54, 1.807) is 0 Å². The summed E-state index contributed by atoms with van der Waals surface area (Å²) in [6.07, 6.45) is 3.55. The zero-order chi connectivity index (χ0) is 14.0. The highest BCUT2D eigenvalue weighted by Gasteiger charge is 1.99. The average molecular weight is 275 g/mol. The van der Waals surface area contributed by atoms with Crippen molar-refractivity contribution in [2.75, 3.05) is 6.61 Å². The molecule has 20 heavy (non-hydrogen) atoms. The first-order chi connectivity index (χ1) is 9.88. The van der Waals surface area contributed by atoms with E-state index in [0.717, 1.165) is 25.3 Å². The lowest BCUT2D eigenvalue weighted by atomic mass is 10.2. The Morgan fingerprint density at radius 3 is 2.70 bits per heavy atom. The second-order valence-electron chi connectivity index (χ2n) is 4.63. The number of aromatic amines is 1. The Morgan fingerprint density at radius 2 is 2.00 bits per heavy atom. The summed E-state index contributed by atoms with van der Waals surface area (Å²) in [5, 5.41) is 17.0. The van der Waals surface area contributed by atoms with E-state index >= 15 is 0 Å². The van der Waals surface area contributed by atoms with Gasteiger partial charge in [0.05, 0.1) is 13.2 Å².